The number of fused-ring (bicyclic) bond motifs is 1. The Morgan fingerprint density at radius 1 is 1.29 bits per heavy atom. The molecule has 3 rings (SSSR count). The minimum absolute atomic E-state index is 0.0242. The number of aryl methyl sites for hydroxylation is 1. The Hall–Kier alpha value is -3.25. The van der Waals surface area contributed by atoms with E-state index in [0.717, 1.165) is 12.1 Å². The van der Waals surface area contributed by atoms with Crippen LogP contribution >= 0.6 is 0 Å². The average Bonchev–Trinajstić information content (AvgIpc) is 2.60. The molecule has 9 heteroatoms. The van der Waals surface area contributed by atoms with Crippen LogP contribution in [0.4, 0.5) is 13.2 Å². The summed E-state index contributed by atoms with van der Waals surface area (Å²) >= 11 is 0. The summed E-state index contributed by atoms with van der Waals surface area (Å²) in [6, 6.07) is 7.46. The Kier molecular flexibility index (Phi) is 6.16. The molecule has 1 atom stereocenters. The highest BCUT2D eigenvalue weighted by molar-refractivity contribution is 5.54. The number of rotatable bonds is 1. The van der Waals surface area contributed by atoms with Crippen LogP contribution < -0.4 is 16.1 Å². The Morgan fingerprint density at radius 2 is 1.86 bits per heavy atom. The number of allylic oxidation sites excluding steroid dienone is 1. The Labute approximate surface area is 158 Å². The Balaban J connectivity index is 0.000000878. The molecule has 2 heterocycles. The van der Waals surface area contributed by atoms with Gasteiger partial charge in [-0.25, -0.2) is 4.79 Å². The molecule has 1 aromatic carbocycles. The zero-order valence-corrected chi connectivity index (χ0v) is 15.0. The quantitative estimate of drug-likeness (QED) is 0.769. The van der Waals surface area contributed by atoms with Gasteiger partial charge in [0.15, 0.2) is 0 Å². The SMILES string of the molecule is CCO.Cc1cc2c(c(=O)o1)C(c1ccc(C(F)(F)F)cc1)C(C#N)=C(N)O2. The van der Waals surface area contributed by atoms with Crippen LogP contribution in [0.2, 0.25) is 0 Å². The van der Waals surface area contributed by atoms with E-state index in [-0.39, 0.29) is 35.1 Å². The van der Waals surface area contributed by atoms with E-state index in [1.165, 1.54) is 25.1 Å². The molecule has 28 heavy (non-hydrogen) atoms. The first-order chi connectivity index (χ1) is 13.1. The summed E-state index contributed by atoms with van der Waals surface area (Å²) in [5.74, 6) is -0.768. The predicted octanol–water partition coefficient (Wildman–Crippen LogP) is 3.18. The summed E-state index contributed by atoms with van der Waals surface area (Å²) in [5, 5.41) is 16.9. The molecule has 0 fully saturated rings. The smallest absolute Gasteiger partial charge is 0.416 e. The van der Waals surface area contributed by atoms with Gasteiger partial charge >= 0.3 is 11.8 Å². The first-order valence-electron chi connectivity index (χ1n) is 8.14. The van der Waals surface area contributed by atoms with Gasteiger partial charge in [-0.2, -0.15) is 18.4 Å². The summed E-state index contributed by atoms with van der Waals surface area (Å²) in [5.41, 5.74) is 4.44. The summed E-state index contributed by atoms with van der Waals surface area (Å²) in [6.07, 6.45) is -4.49. The second kappa shape index (κ2) is 8.19. The predicted molar refractivity (Wildman–Crippen MR) is 93.2 cm³/mol. The lowest BCUT2D eigenvalue weighted by Crippen LogP contribution is -2.26. The number of nitrogens with two attached hydrogens (primary N) is 1. The first kappa shape index (κ1) is 21.1. The molecule has 2 aromatic rings. The summed E-state index contributed by atoms with van der Waals surface area (Å²) < 4.78 is 48.6. The third kappa shape index (κ3) is 4.18. The minimum Gasteiger partial charge on any atom is -0.440 e. The lowest BCUT2D eigenvalue weighted by atomic mass is 9.84. The van der Waals surface area contributed by atoms with Crippen molar-refractivity contribution >= 4 is 0 Å². The van der Waals surface area contributed by atoms with Crippen molar-refractivity contribution in [3.8, 4) is 11.8 Å². The molecule has 1 aliphatic rings. The monoisotopic (exact) mass is 394 g/mol. The minimum atomic E-state index is -4.49. The van der Waals surface area contributed by atoms with Gasteiger partial charge < -0.3 is 20.0 Å². The lowest BCUT2D eigenvalue weighted by Gasteiger charge is -2.25. The topological polar surface area (TPSA) is 109 Å². The number of hydrogen-bond donors (Lipinski definition) is 2. The summed E-state index contributed by atoms with van der Waals surface area (Å²) in [4.78, 5) is 12.3. The van der Waals surface area contributed by atoms with E-state index in [2.05, 4.69) is 0 Å². The number of aliphatic hydroxyl groups excluding tert-OH is 1. The second-order valence-electron chi connectivity index (χ2n) is 5.78. The number of halogens is 3. The van der Waals surface area contributed by atoms with Crippen LogP contribution in [0.3, 0.4) is 0 Å². The number of nitrogens with zero attached hydrogens (tertiary/aromatic N) is 1. The van der Waals surface area contributed by atoms with Gasteiger partial charge in [-0.05, 0) is 31.5 Å². The van der Waals surface area contributed by atoms with E-state index < -0.39 is 23.3 Å². The van der Waals surface area contributed by atoms with Crippen molar-refractivity contribution in [2.45, 2.75) is 25.9 Å². The Bertz CT molecular complexity index is 986. The molecule has 0 saturated heterocycles. The van der Waals surface area contributed by atoms with Gasteiger partial charge in [-0.3, -0.25) is 0 Å². The van der Waals surface area contributed by atoms with Crippen LogP contribution in [0.5, 0.6) is 5.75 Å². The van der Waals surface area contributed by atoms with Crippen LogP contribution in [0.1, 0.15) is 35.3 Å². The number of nitriles is 1. The molecular weight excluding hydrogens is 377 g/mol. The van der Waals surface area contributed by atoms with Gasteiger partial charge in [-0.1, -0.05) is 12.1 Å². The van der Waals surface area contributed by atoms with Gasteiger partial charge in [0.2, 0.25) is 5.88 Å². The van der Waals surface area contributed by atoms with Crippen molar-refractivity contribution < 1.29 is 27.4 Å². The maximum Gasteiger partial charge on any atom is 0.416 e. The number of alkyl halides is 3. The first-order valence-corrected chi connectivity index (χ1v) is 8.14. The van der Waals surface area contributed by atoms with E-state index in [9.17, 15) is 23.2 Å². The fraction of sp³-hybridized carbons (Fsp3) is 0.263. The van der Waals surface area contributed by atoms with Gasteiger partial charge in [0.25, 0.3) is 0 Å². The molecule has 3 N–H and O–H groups in total. The highest BCUT2D eigenvalue weighted by Gasteiger charge is 2.35. The van der Waals surface area contributed by atoms with Crippen LogP contribution in [0.25, 0.3) is 0 Å². The second-order valence-corrected chi connectivity index (χ2v) is 5.78. The van der Waals surface area contributed by atoms with Crippen molar-refractivity contribution in [3.63, 3.8) is 0 Å². The van der Waals surface area contributed by atoms with Crippen molar-refractivity contribution in [1.29, 1.82) is 5.26 Å². The summed E-state index contributed by atoms with van der Waals surface area (Å²) in [7, 11) is 0. The molecular formula is C19H17F3N2O4. The van der Waals surface area contributed by atoms with E-state index in [1.807, 2.05) is 6.07 Å². The van der Waals surface area contributed by atoms with E-state index >= 15 is 0 Å². The standard InChI is InChI=1S/C17H11F3N2O3.C2H6O/c1-8-6-12-14(16(23)24-8)13(11(7-21)15(22)25-12)9-2-4-10(5-3-9)17(18,19)20;1-2-3/h2-6,13H,22H2,1H3;3H,2H2,1H3. The molecule has 6 nitrogen and oxygen atoms in total. The molecule has 0 spiro atoms. The molecule has 0 aliphatic carbocycles. The normalized spacial score (nSPS) is 15.7. The van der Waals surface area contributed by atoms with Gasteiger partial charge in [0.05, 0.1) is 17.0 Å². The van der Waals surface area contributed by atoms with E-state index in [4.69, 9.17) is 20.0 Å². The third-order valence-electron chi connectivity index (χ3n) is 3.83. The van der Waals surface area contributed by atoms with E-state index in [1.54, 1.807) is 6.92 Å². The fourth-order valence-corrected chi connectivity index (χ4v) is 2.72. The van der Waals surface area contributed by atoms with Crippen LogP contribution in [0, 0.1) is 18.3 Å². The maximum absolute atomic E-state index is 12.7. The zero-order valence-electron chi connectivity index (χ0n) is 15.0. The molecule has 0 saturated carbocycles. The largest absolute Gasteiger partial charge is 0.440 e. The molecule has 148 valence electrons. The maximum atomic E-state index is 12.7. The average molecular weight is 394 g/mol. The van der Waals surface area contributed by atoms with Crippen LogP contribution in [0.15, 0.2) is 51.0 Å². The molecule has 1 unspecified atom stereocenters. The highest BCUT2D eigenvalue weighted by atomic mass is 19.4. The number of ether oxygens (including phenoxy) is 1. The van der Waals surface area contributed by atoms with Crippen molar-refractivity contribution in [3.05, 3.63) is 74.7 Å². The van der Waals surface area contributed by atoms with Crippen molar-refractivity contribution in [2.75, 3.05) is 6.61 Å². The van der Waals surface area contributed by atoms with Gasteiger partial charge in [-0.15, -0.1) is 0 Å². The third-order valence-corrected chi connectivity index (χ3v) is 3.83. The lowest BCUT2D eigenvalue weighted by molar-refractivity contribution is -0.137. The molecule has 1 aliphatic heterocycles. The van der Waals surface area contributed by atoms with Crippen LogP contribution in [-0.4, -0.2) is 11.7 Å². The molecule has 0 amide bonds. The molecule has 0 radical (unpaired) electrons. The van der Waals surface area contributed by atoms with Crippen molar-refractivity contribution in [2.24, 2.45) is 5.73 Å². The zero-order chi connectivity index (χ0) is 21.1. The molecule has 1 aromatic heterocycles. The van der Waals surface area contributed by atoms with Crippen molar-refractivity contribution in [1.82, 2.24) is 0 Å². The van der Waals surface area contributed by atoms with Crippen LogP contribution in [-0.2, 0) is 6.18 Å². The summed E-state index contributed by atoms with van der Waals surface area (Å²) in [6.45, 7) is 3.47. The molecule has 0 bridgehead atoms. The Morgan fingerprint density at radius 3 is 2.36 bits per heavy atom. The number of benzene rings is 1. The fourth-order valence-electron chi connectivity index (χ4n) is 2.72. The number of hydrogen-bond acceptors (Lipinski definition) is 6. The van der Waals surface area contributed by atoms with Gasteiger partial charge in [0, 0.05) is 12.7 Å². The number of aliphatic hydroxyl groups is 1. The highest BCUT2D eigenvalue weighted by Crippen LogP contribution is 2.41. The van der Waals surface area contributed by atoms with Gasteiger partial charge in [0.1, 0.15) is 23.2 Å². The van der Waals surface area contributed by atoms with E-state index in [0.29, 0.717) is 5.56 Å².